The molecule has 1 aromatic heterocycles. The van der Waals surface area contributed by atoms with Crippen molar-refractivity contribution in [2.75, 3.05) is 12.3 Å². The minimum absolute atomic E-state index is 0.197. The van der Waals surface area contributed by atoms with E-state index in [0.717, 1.165) is 6.42 Å². The second-order valence-electron chi connectivity index (χ2n) is 4.24. The summed E-state index contributed by atoms with van der Waals surface area (Å²) in [6.45, 7) is 2.49. The summed E-state index contributed by atoms with van der Waals surface area (Å²) in [5.41, 5.74) is 11.7. The lowest BCUT2D eigenvalue weighted by Gasteiger charge is -2.10. The lowest BCUT2D eigenvalue weighted by Crippen LogP contribution is -2.10. The van der Waals surface area contributed by atoms with E-state index in [1.807, 2.05) is 6.92 Å². The van der Waals surface area contributed by atoms with Crippen LogP contribution in [-0.4, -0.2) is 22.5 Å². The molecule has 7 nitrogen and oxygen atoms in total. The number of primary amides is 1. The Morgan fingerprint density at radius 1 is 1.19 bits per heavy atom. The van der Waals surface area contributed by atoms with E-state index in [9.17, 15) is 4.79 Å². The monoisotopic (exact) mass is 288 g/mol. The largest absolute Gasteiger partial charge is 0.476 e. The molecule has 1 heterocycles. The molecule has 1 aromatic carbocycles. The van der Waals surface area contributed by atoms with Crippen molar-refractivity contribution >= 4 is 11.6 Å². The highest BCUT2D eigenvalue weighted by molar-refractivity contribution is 5.92. The number of nitrogens with two attached hydrogens (primary N) is 2. The van der Waals surface area contributed by atoms with Crippen LogP contribution >= 0.6 is 0 Å². The molecule has 0 atom stereocenters. The predicted molar refractivity (Wildman–Crippen MR) is 77.3 cm³/mol. The van der Waals surface area contributed by atoms with E-state index >= 15 is 0 Å². The lowest BCUT2D eigenvalue weighted by molar-refractivity contribution is 0.100. The van der Waals surface area contributed by atoms with Crippen molar-refractivity contribution < 1.29 is 14.3 Å². The van der Waals surface area contributed by atoms with Gasteiger partial charge in [-0.2, -0.15) is 9.97 Å². The van der Waals surface area contributed by atoms with Crippen LogP contribution in [0.5, 0.6) is 17.5 Å². The minimum atomic E-state index is -0.502. The number of carbonyl (C=O) groups is 1. The molecule has 0 aliphatic carbocycles. The maximum Gasteiger partial charge on any atom is 0.249 e. The Morgan fingerprint density at radius 2 is 1.86 bits per heavy atom. The molecule has 0 saturated carbocycles. The fourth-order valence-electron chi connectivity index (χ4n) is 1.56. The number of benzene rings is 1. The lowest BCUT2D eigenvalue weighted by atomic mass is 10.2. The van der Waals surface area contributed by atoms with Crippen LogP contribution < -0.4 is 20.9 Å². The first-order chi connectivity index (χ1) is 10.1. The van der Waals surface area contributed by atoms with E-state index in [2.05, 4.69) is 9.97 Å². The standard InChI is InChI=1S/C14H16N4O3/c1-2-7-20-13-11(15)14(18-8-17-13)21-10-5-3-9(4-6-10)12(16)19/h3-6,8H,2,7,15H2,1H3,(H2,16,19). The van der Waals surface area contributed by atoms with Gasteiger partial charge in [-0.05, 0) is 30.7 Å². The molecule has 0 radical (unpaired) electrons. The van der Waals surface area contributed by atoms with Gasteiger partial charge in [0.25, 0.3) is 0 Å². The topological polar surface area (TPSA) is 113 Å². The number of nitrogens with zero attached hydrogens (tertiary/aromatic N) is 2. The number of anilines is 1. The molecule has 0 bridgehead atoms. The molecule has 0 fully saturated rings. The average molecular weight is 288 g/mol. The van der Waals surface area contributed by atoms with Gasteiger partial charge in [-0.15, -0.1) is 0 Å². The SMILES string of the molecule is CCCOc1ncnc(Oc2ccc(C(N)=O)cc2)c1N. The van der Waals surface area contributed by atoms with Gasteiger partial charge in [-0.3, -0.25) is 4.79 Å². The zero-order valence-electron chi connectivity index (χ0n) is 11.6. The van der Waals surface area contributed by atoms with Gasteiger partial charge in [0.2, 0.25) is 17.7 Å². The summed E-state index contributed by atoms with van der Waals surface area (Å²) in [5, 5.41) is 0. The first-order valence-electron chi connectivity index (χ1n) is 6.42. The van der Waals surface area contributed by atoms with Crippen LogP contribution in [-0.2, 0) is 0 Å². The van der Waals surface area contributed by atoms with Crippen molar-refractivity contribution in [1.82, 2.24) is 9.97 Å². The Hall–Kier alpha value is -2.83. The summed E-state index contributed by atoms with van der Waals surface area (Å²) in [6.07, 6.45) is 2.16. The van der Waals surface area contributed by atoms with Gasteiger partial charge >= 0.3 is 0 Å². The third-order valence-electron chi connectivity index (χ3n) is 2.61. The van der Waals surface area contributed by atoms with Gasteiger partial charge in [-0.1, -0.05) is 6.92 Å². The second kappa shape index (κ2) is 6.56. The summed E-state index contributed by atoms with van der Waals surface area (Å²) >= 11 is 0. The molecule has 7 heteroatoms. The first kappa shape index (κ1) is 14.6. The van der Waals surface area contributed by atoms with Crippen molar-refractivity contribution in [3.8, 4) is 17.5 Å². The van der Waals surface area contributed by atoms with Gasteiger partial charge in [0.15, 0.2) is 5.69 Å². The maximum atomic E-state index is 11.0. The fourth-order valence-corrected chi connectivity index (χ4v) is 1.56. The number of ether oxygens (including phenoxy) is 2. The Kier molecular flexibility index (Phi) is 4.55. The quantitative estimate of drug-likeness (QED) is 0.837. The van der Waals surface area contributed by atoms with Crippen molar-refractivity contribution in [2.24, 2.45) is 5.73 Å². The molecule has 0 unspecified atom stereocenters. The molecule has 0 spiro atoms. The van der Waals surface area contributed by atoms with Crippen LogP contribution in [0.3, 0.4) is 0 Å². The highest BCUT2D eigenvalue weighted by Gasteiger charge is 2.11. The number of aromatic nitrogens is 2. The molecule has 0 aliphatic rings. The van der Waals surface area contributed by atoms with Crippen molar-refractivity contribution in [1.29, 1.82) is 0 Å². The van der Waals surface area contributed by atoms with Gasteiger partial charge in [0.1, 0.15) is 12.1 Å². The zero-order valence-corrected chi connectivity index (χ0v) is 11.6. The first-order valence-corrected chi connectivity index (χ1v) is 6.42. The van der Waals surface area contributed by atoms with Crippen LogP contribution in [0, 0.1) is 0 Å². The van der Waals surface area contributed by atoms with E-state index in [-0.39, 0.29) is 17.4 Å². The smallest absolute Gasteiger partial charge is 0.249 e. The normalized spacial score (nSPS) is 10.1. The van der Waals surface area contributed by atoms with E-state index in [1.54, 1.807) is 24.3 Å². The van der Waals surface area contributed by atoms with Gasteiger partial charge in [0.05, 0.1) is 6.61 Å². The van der Waals surface area contributed by atoms with E-state index < -0.39 is 5.91 Å². The minimum Gasteiger partial charge on any atom is -0.476 e. The molecule has 2 aromatic rings. The average Bonchev–Trinajstić information content (AvgIpc) is 2.49. The van der Waals surface area contributed by atoms with Crippen LogP contribution in [0.2, 0.25) is 0 Å². The Balaban J connectivity index is 2.17. The summed E-state index contributed by atoms with van der Waals surface area (Å²) in [6, 6.07) is 6.33. The molecule has 21 heavy (non-hydrogen) atoms. The fraction of sp³-hybridized carbons (Fsp3) is 0.214. The van der Waals surface area contributed by atoms with Gasteiger partial charge in [0, 0.05) is 5.56 Å². The third-order valence-corrected chi connectivity index (χ3v) is 2.61. The van der Waals surface area contributed by atoms with Crippen molar-refractivity contribution in [3.05, 3.63) is 36.2 Å². The molecule has 0 aliphatic heterocycles. The molecule has 4 N–H and O–H groups in total. The van der Waals surface area contributed by atoms with Gasteiger partial charge in [-0.25, -0.2) is 0 Å². The van der Waals surface area contributed by atoms with Crippen molar-refractivity contribution in [2.45, 2.75) is 13.3 Å². The number of hydrogen-bond donors (Lipinski definition) is 2. The Bertz CT molecular complexity index is 629. The zero-order chi connectivity index (χ0) is 15.2. The van der Waals surface area contributed by atoms with Crippen LogP contribution in [0.25, 0.3) is 0 Å². The number of nitrogen functional groups attached to an aromatic ring is 1. The van der Waals surface area contributed by atoms with Crippen molar-refractivity contribution in [3.63, 3.8) is 0 Å². The van der Waals surface area contributed by atoms with Crippen LogP contribution in [0.1, 0.15) is 23.7 Å². The third kappa shape index (κ3) is 3.59. The van der Waals surface area contributed by atoms with E-state index in [4.69, 9.17) is 20.9 Å². The molecular weight excluding hydrogens is 272 g/mol. The summed E-state index contributed by atoms with van der Waals surface area (Å²) < 4.78 is 11.0. The molecule has 110 valence electrons. The van der Waals surface area contributed by atoms with E-state index in [0.29, 0.717) is 17.9 Å². The van der Waals surface area contributed by atoms with Crippen LogP contribution in [0.15, 0.2) is 30.6 Å². The predicted octanol–water partition coefficient (Wildman–Crippen LogP) is 1.74. The number of hydrogen-bond acceptors (Lipinski definition) is 6. The highest BCUT2D eigenvalue weighted by atomic mass is 16.5. The Morgan fingerprint density at radius 3 is 2.48 bits per heavy atom. The summed E-state index contributed by atoms with van der Waals surface area (Å²) in [4.78, 5) is 18.9. The van der Waals surface area contributed by atoms with Gasteiger partial charge < -0.3 is 20.9 Å². The highest BCUT2D eigenvalue weighted by Crippen LogP contribution is 2.30. The number of carbonyl (C=O) groups excluding carboxylic acids is 1. The summed E-state index contributed by atoms with van der Waals surface area (Å²) in [5.74, 6) is 0.462. The molecule has 2 rings (SSSR count). The second-order valence-corrected chi connectivity index (χ2v) is 4.24. The molecular formula is C14H16N4O3. The molecule has 1 amide bonds. The molecule has 0 saturated heterocycles. The van der Waals surface area contributed by atoms with Crippen LogP contribution in [0.4, 0.5) is 5.69 Å². The Labute approximate surface area is 121 Å². The number of rotatable bonds is 6. The summed E-state index contributed by atoms with van der Waals surface area (Å²) in [7, 11) is 0. The maximum absolute atomic E-state index is 11.0. The number of amides is 1. The van der Waals surface area contributed by atoms with E-state index in [1.165, 1.54) is 6.33 Å².